The van der Waals surface area contributed by atoms with E-state index in [0.717, 1.165) is 6.54 Å². The Morgan fingerprint density at radius 2 is 1.82 bits per heavy atom. The van der Waals surface area contributed by atoms with Crippen molar-refractivity contribution in [3.8, 4) is 11.5 Å². The van der Waals surface area contributed by atoms with Crippen molar-refractivity contribution in [3.05, 3.63) is 22.2 Å². The summed E-state index contributed by atoms with van der Waals surface area (Å²) in [6, 6.07) is 3.91. The largest absolute Gasteiger partial charge is 0.495 e. The fourth-order valence-electron chi connectivity index (χ4n) is 2.50. The minimum atomic E-state index is -0.0000463. The van der Waals surface area contributed by atoms with Crippen LogP contribution in [0, 0.1) is 0 Å². The molecular formula is C15H22BrClN2O3. The normalized spacial score (nSPS) is 21.0. The number of carbonyl (C=O) groups is 1. The predicted molar refractivity (Wildman–Crippen MR) is 92.5 cm³/mol. The molecule has 1 saturated heterocycles. The molecule has 1 aromatic carbocycles. The molecular weight excluding hydrogens is 372 g/mol. The summed E-state index contributed by atoms with van der Waals surface area (Å²) in [5, 5.41) is 3.37. The third kappa shape index (κ3) is 3.67. The fraction of sp³-hybridized carbons (Fsp3) is 0.533. The number of hydrogen-bond acceptors (Lipinski definition) is 4. The lowest BCUT2D eigenvalue weighted by Gasteiger charge is -2.38. The van der Waals surface area contributed by atoms with Crippen molar-refractivity contribution in [2.45, 2.75) is 25.9 Å². The summed E-state index contributed by atoms with van der Waals surface area (Å²) in [6.07, 6.45) is 0. The Hall–Kier alpha value is -0.980. The number of rotatable bonds is 3. The average Bonchev–Trinajstić information content (AvgIpc) is 2.49. The van der Waals surface area contributed by atoms with Crippen molar-refractivity contribution in [3.63, 3.8) is 0 Å². The van der Waals surface area contributed by atoms with Gasteiger partial charge in [-0.3, -0.25) is 4.79 Å². The molecule has 2 unspecified atom stereocenters. The molecule has 1 aromatic rings. The molecule has 0 aliphatic carbocycles. The van der Waals surface area contributed by atoms with Gasteiger partial charge in [0, 0.05) is 30.7 Å². The lowest BCUT2D eigenvalue weighted by Crippen LogP contribution is -2.57. The van der Waals surface area contributed by atoms with Crippen molar-refractivity contribution < 1.29 is 14.3 Å². The van der Waals surface area contributed by atoms with E-state index in [2.05, 4.69) is 35.1 Å². The van der Waals surface area contributed by atoms with Crippen molar-refractivity contribution in [2.75, 3.05) is 27.3 Å². The van der Waals surface area contributed by atoms with E-state index in [-0.39, 0.29) is 30.4 Å². The van der Waals surface area contributed by atoms with E-state index < -0.39 is 0 Å². The standard InChI is InChI=1S/C15H21BrN2O3.ClH/c1-9-10(2)18(6-5-17-9)15(19)11-7-12(20-3)14(16)13(8-11)21-4;/h7-10,17H,5-6H2,1-4H3;1H. The second kappa shape index (κ2) is 8.04. The Morgan fingerprint density at radius 1 is 1.27 bits per heavy atom. The molecule has 1 aliphatic rings. The monoisotopic (exact) mass is 392 g/mol. The number of nitrogens with one attached hydrogen (secondary N) is 1. The second-order valence-electron chi connectivity index (χ2n) is 5.18. The van der Waals surface area contributed by atoms with Gasteiger partial charge in [0.25, 0.3) is 5.91 Å². The Morgan fingerprint density at radius 3 is 2.32 bits per heavy atom. The van der Waals surface area contributed by atoms with E-state index in [9.17, 15) is 4.79 Å². The summed E-state index contributed by atoms with van der Waals surface area (Å²) in [7, 11) is 3.15. The van der Waals surface area contributed by atoms with Crippen LogP contribution in [-0.2, 0) is 0 Å². The molecule has 0 spiro atoms. The highest BCUT2D eigenvalue weighted by molar-refractivity contribution is 9.10. The number of nitrogens with zero attached hydrogens (tertiary/aromatic N) is 1. The summed E-state index contributed by atoms with van der Waals surface area (Å²) in [5.41, 5.74) is 0.577. The zero-order valence-corrected chi connectivity index (χ0v) is 15.6. The second-order valence-corrected chi connectivity index (χ2v) is 5.97. The molecule has 0 aromatic heterocycles. The fourth-order valence-corrected chi connectivity index (χ4v) is 3.05. The lowest BCUT2D eigenvalue weighted by molar-refractivity contribution is 0.0602. The number of methoxy groups -OCH3 is 2. The molecule has 5 nitrogen and oxygen atoms in total. The number of carbonyl (C=O) groups excluding carboxylic acids is 1. The van der Waals surface area contributed by atoms with Crippen molar-refractivity contribution in [1.29, 1.82) is 0 Å². The van der Waals surface area contributed by atoms with Gasteiger partial charge in [0.1, 0.15) is 16.0 Å². The maximum absolute atomic E-state index is 12.8. The minimum Gasteiger partial charge on any atom is -0.495 e. The van der Waals surface area contributed by atoms with Crippen LogP contribution in [0.3, 0.4) is 0 Å². The third-order valence-electron chi connectivity index (χ3n) is 3.99. The predicted octanol–water partition coefficient (Wildman–Crippen LogP) is 2.71. The molecule has 1 heterocycles. The van der Waals surface area contributed by atoms with Crippen LogP contribution in [0.2, 0.25) is 0 Å². The summed E-state index contributed by atoms with van der Waals surface area (Å²) in [6.45, 7) is 5.65. The van der Waals surface area contributed by atoms with Crippen LogP contribution in [-0.4, -0.2) is 50.2 Å². The molecule has 1 aliphatic heterocycles. The topological polar surface area (TPSA) is 50.8 Å². The van der Waals surface area contributed by atoms with E-state index in [1.54, 1.807) is 26.4 Å². The number of amides is 1. The van der Waals surface area contributed by atoms with Crippen LogP contribution < -0.4 is 14.8 Å². The first-order valence-corrected chi connectivity index (χ1v) is 7.74. The first kappa shape index (κ1) is 19.1. The molecule has 0 radical (unpaired) electrons. The number of piperazine rings is 1. The first-order chi connectivity index (χ1) is 9.99. The van der Waals surface area contributed by atoms with E-state index in [1.165, 1.54) is 0 Å². The van der Waals surface area contributed by atoms with Gasteiger partial charge in [0.15, 0.2) is 0 Å². The molecule has 2 rings (SSSR count). The van der Waals surface area contributed by atoms with Crippen LogP contribution >= 0.6 is 28.3 Å². The number of hydrogen-bond donors (Lipinski definition) is 1. The highest BCUT2D eigenvalue weighted by atomic mass is 79.9. The Labute approximate surface area is 145 Å². The molecule has 22 heavy (non-hydrogen) atoms. The zero-order valence-electron chi connectivity index (χ0n) is 13.2. The van der Waals surface area contributed by atoms with Gasteiger partial charge in [0.05, 0.1) is 14.2 Å². The summed E-state index contributed by atoms with van der Waals surface area (Å²) in [5.74, 6) is 1.18. The SMILES string of the molecule is COc1cc(C(=O)N2CCNC(C)C2C)cc(OC)c1Br.Cl. The molecule has 2 atom stereocenters. The van der Waals surface area contributed by atoms with Crippen LogP contribution in [0.15, 0.2) is 16.6 Å². The Kier molecular flexibility index (Phi) is 6.97. The van der Waals surface area contributed by atoms with Crippen LogP contribution in [0.4, 0.5) is 0 Å². The maximum atomic E-state index is 12.8. The molecule has 1 amide bonds. The van der Waals surface area contributed by atoms with Gasteiger partial charge >= 0.3 is 0 Å². The highest BCUT2D eigenvalue weighted by Crippen LogP contribution is 2.36. The van der Waals surface area contributed by atoms with Crippen LogP contribution in [0.25, 0.3) is 0 Å². The van der Waals surface area contributed by atoms with Crippen molar-refractivity contribution >= 4 is 34.2 Å². The van der Waals surface area contributed by atoms with Crippen molar-refractivity contribution in [2.24, 2.45) is 0 Å². The molecule has 7 heteroatoms. The lowest BCUT2D eigenvalue weighted by atomic mass is 10.0. The zero-order chi connectivity index (χ0) is 15.6. The Balaban J connectivity index is 0.00000242. The van der Waals surface area contributed by atoms with E-state index in [0.29, 0.717) is 28.1 Å². The summed E-state index contributed by atoms with van der Waals surface area (Å²) >= 11 is 3.42. The number of halogens is 2. The maximum Gasteiger partial charge on any atom is 0.254 e. The highest BCUT2D eigenvalue weighted by Gasteiger charge is 2.29. The van der Waals surface area contributed by atoms with Crippen molar-refractivity contribution in [1.82, 2.24) is 10.2 Å². The van der Waals surface area contributed by atoms with Gasteiger partial charge in [-0.05, 0) is 41.9 Å². The number of benzene rings is 1. The van der Waals surface area contributed by atoms with E-state index in [1.807, 2.05) is 4.90 Å². The third-order valence-corrected chi connectivity index (χ3v) is 4.77. The molecule has 124 valence electrons. The van der Waals surface area contributed by atoms with Gasteiger partial charge in [-0.2, -0.15) is 0 Å². The van der Waals surface area contributed by atoms with E-state index in [4.69, 9.17) is 9.47 Å². The molecule has 0 saturated carbocycles. The van der Waals surface area contributed by atoms with Crippen LogP contribution in [0.5, 0.6) is 11.5 Å². The number of ether oxygens (including phenoxy) is 2. The minimum absolute atomic E-state index is 0. The van der Waals surface area contributed by atoms with Gasteiger partial charge in [-0.25, -0.2) is 0 Å². The molecule has 0 bridgehead atoms. The van der Waals surface area contributed by atoms with Gasteiger partial charge < -0.3 is 19.7 Å². The first-order valence-electron chi connectivity index (χ1n) is 6.95. The Bertz CT molecular complexity index is 517. The van der Waals surface area contributed by atoms with Gasteiger partial charge in [-0.1, -0.05) is 0 Å². The smallest absolute Gasteiger partial charge is 0.254 e. The quantitative estimate of drug-likeness (QED) is 0.858. The molecule has 1 fully saturated rings. The van der Waals surface area contributed by atoms with Gasteiger partial charge in [0.2, 0.25) is 0 Å². The van der Waals surface area contributed by atoms with E-state index >= 15 is 0 Å². The summed E-state index contributed by atoms with van der Waals surface area (Å²) < 4.78 is 11.3. The molecule has 1 N–H and O–H groups in total. The van der Waals surface area contributed by atoms with Crippen LogP contribution in [0.1, 0.15) is 24.2 Å². The summed E-state index contributed by atoms with van der Waals surface area (Å²) in [4.78, 5) is 14.7. The van der Waals surface area contributed by atoms with Gasteiger partial charge in [-0.15, -0.1) is 12.4 Å². The average molecular weight is 394 g/mol.